The van der Waals surface area contributed by atoms with Crippen molar-refractivity contribution in [3.63, 3.8) is 0 Å². The number of rotatable bonds is 7. The van der Waals surface area contributed by atoms with Gasteiger partial charge >= 0.3 is 7.60 Å². The number of benzene rings is 1. The van der Waals surface area contributed by atoms with E-state index in [2.05, 4.69) is 6.58 Å². The van der Waals surface area contributed by atoms with Gasteiger partial charge in [0, 0.05) is 0 Å². The van der Waals surface area contributed by atoms with Gasteiger partial charge < -0.3 is 9.26 Å². The lowest BCUT2D eigenvalue weighted by molar-refractivity contribution is 0.281. The highest BCUT2D eigenvalue weighted by molar-refractivity contribution is 7.54. The smallest absolute Gasteiger partial charge is 0.382 e. The molecule has 0 aliphatic carbocycles. The molecule has 1 rings (SSSR count). The highest BCUT2D eigenvalue weighted by Gasteiger charge is 2.23. The summed E-state index contributed by atoms with van der Waals surface area (Å²) in [5.74, 6) is 1.21. The van der Waals surface area contributed by atoms with Crippen LogP contribution in [0.2, 0.25) is 0 Å². The van der Waals surface area contributed by atoms with E-state index in [0.29, 0.717) is 18.1 Å². The molecule has 0 heterocycles. The van der Waals surface area contributed by atoms with E-state index in [9.17, 15) is 4.57 Å². The molecule has 0 radical (unpaired) electrons. The van der Waals surface area contributed by atoms with Gasteiger partial charge in [0.2, 0.25) is 0 Å². The van der Waals surface area contributed by atoms with Crippen LogP contribution in [-0.4, -0.2) is 19.9 Å². The maximum Gasteiger partial charge on any atom is 0.382 e. The number of hydrogen-bond donors (Lipinski definition) is 0. The zero-order valence-electron chi connectivity index (χ0n) is 10.1. The van der Waals surface area contributed by atoms with Crippen molar-refractivity contribution in [2.45, 2.75) is 6.92 Å². The number of ether oxygens (including phenoxy) is 1. The maximum absolute atomic E-state index is 12.2. The Morgan fingerprint density at radius 3 is 2.35 bits per heavy atom. The first-order valence-electron chi connectivity index (χ1n) is 5.31. The summed E-state index contributed by atoms with van der Waals surface area (Å²) in [4.78, 5) is 0. The fourth-order valence-corrected chi connectivity index (χ4v) is 2.65. The van der Waals surface area contributed by atoms with Gasteiger partial charge in [0.05, 0.1) is 19.9 Å². The summed E-state index contributed by atoms with van der Waals surface area (Å²) in [6.45, 7) is 5.65. The third kappa shape index (κ3) is 4.25. The Labute approximate surface area is 102 Å². The Balaban J connectivity index is 2.78. The topological polar surface area (TPSA) is 44.8 Å². The molecule has 0 saturated heterocycles. The van der Waals surface area contributed by atoms with E-state index in [0.717, 1.165) is 0 Å². The first kappa shape index (κ1) is 13.8. The van der Waals surface area contributed by atoms with Crippen LogP contribution in [0, 0.1) is 0 Å². The van der Waals surface area contributed by atoms with E-state index >= 15 is 0 Å². The molecule has 94 valence electrons. The van der Waals surface area contributed by atoms with Crippen molar-refractivity contribution in [2.24, 2.45) is 0 Å². The molecule has 0 aromatic heterocycles. The molecular formula is C12H17O4P. The minimum Gasteiger partial charge on any atom is -0.497 e. The zero-order valence-corrected chi connectivity index (χ0v) is 11.0. The summed E-state index contributed by atoms with van der Waals surface area (Å²) in [6.07, 6.45) is 1.72. The summed E-state index contributed by atoms with van der Waals surface area (Å²) in [6, 6.07) is 6.85. The third-order valence-electron chi connectivity index (χ3n) is 1.98. The first-order valence-corrected chi connectivity index (χ1v) is 7.04. The van der Waals surface area contributed by atoms with Gasteiger partial charge in [0.1, 0.15) is 11.5 Å². The number of methoxy groups -OCH3 is 1. The van der Waals surface area contributed by atoms with Crippen LogP contribution < -0.4 is 9.26 Å². The van der Waals surface area contributed by atoms with E-state index in [-0.39, 0.29) is 6.16 Å². The van der Waals surface area contributed by atoms with Gasteiger partial charge in [-0.15, -0.1) is 6.58 Å². The van der Waals surface area contributed by atoms with Crippen molar-refractivity contribution in [3.05, 3.63) is 36.9 Å². The standard InChI is InChI=1S/C12H17O4P/c1-4-10-17(13,15-5-2)16-12-8-6-11(14-3)7-9-12/h4,6-9H,1,5,10H2,2-3H3. The van der Waals surface area contributed by atoms with Gasteiger partial charge in [-0.3, -0.25) is 4.52 Å². The van der Waals surface area contributed by atoms with Gasteiger partial charge in [-0.05, 0) is 31.2 Å². The highest BCUT2D eigenvalue weighted by atomic mass is 31.2. The van der Waals surface area contributed by atoms with E-state index < -0.39 is 7.60 Å². The molecule has 0 bridgehead atoms. The Morgan fingerprint density at radius 1 is 1.29 bits per heavy atom. The van der Waals surface area contributed by atoms with Crippen LogP contribution in [-0.2, 0) is 9.09 Å². The average molecular weight is 256 g/mol. The maximum atomic E-state index is 12.2. The molecule has 0 saturated carbocycles. The van der Waals surface area contributed by atoms with Crippen molar-refractivity contribution in [3.8, 4) is 11.5 Å². The SMILES string of the molecule is C=CCP(=O)(OCC)Oc1ccc(OC)cc1. The fourth-order valence-electron chi connectivity index (χ4n) is 1.27. The fraction of sp³-hybridized carbons (Fsp3) is 0.333. The Morgan fingerprint density at radius 2 is 1.88 bits per heavy atom. The summed E-state index contributed by atoms with van der Waals surface area (Å²) in [5.41, 5.74) is 0. The largest absolute Gasteiger partial charge is 0.497 e. The molecule has 0 fully saturated rings. The Bertz CT molecular complexity index is 399. The quantitative estimate of drug-likeness (QED) is 0.553. The van der Waals surface area contributed by atoms with Crippen molar-refractivity contribution in [1.29, 1.82) is 0 Å². The lowest BCUT2D eigenvalue weighted by atomic mass is 10.3. The summed E-state index contributed by atoms with van der Waals surface area (Å²) < 4.78 is 27.8. The monoisotopic (exact) mass is 256 g/mol. The van der Waals surface area contributed by atoms with E-state index in [1.165, 1.54) is 6.08 Å². The van der Waals surface area contributed by atoms with Crippen LogP contribution in [0.4, 0.5) is 0 Å². The van der Waals surface area contributed by atoms with Crippen LogP contribution >= 0.6 is 7.60 Å². The third-order valence-corrected chi connectivity index (χ3v) is 3.83. The molecule has 0 N–H and O–H groups in total. The highest BCUT2D eigenvalue weighted by Crippen LogP contribution is 2.48. The molecule has 4 nitrogen and oxygen atoms in total. The summed E-state index contributed by atoms with van der Waals surface area (Å²) in [7, 11) is -1.54. The van der Waals surface area contributed by atoms with Crippen LogP contribution in [0.15, 0.2) is 36.9 Å². The van der Waals surface area contributed by atoms with Crippen LogP contribution in [0.3, 0.4) is 0 Å². The zero-order chi connectivity index (χ0) is 12.7. The van der Waals surface area contributed by atoms with E-state index in [1.54, 1.807) is 38.3 Å². The van der Waals surface area contributed by atoms with Gasteiger partial charge in [-0.25, -0.2) is 4.57 Å². The second-order valence-electron chi connectivity index (χ2n) is 3.27. The normalized spacial score (nSPS) is 13.8. The molecule has 0 amide bonds. The Hall–Kier alpha value is -1.25. The van der Waals surface area contributed by atoms with Crippen molar-refractivity contribution in [1.82, 2.24) is 0 Å². The average Bonchev–Trinajstić information content (AvgIpc) is 2.30. The molecule has 1 atom stereocenters. The lowest BCUT2D eigenvalue weighted by Gasteiger charge is -2.17. The Kier molecular flexibility index (Phi) is 5.26. The molecule has 0 spiro atoms. The lowest BCUT2D eigenvalue weighted by Crippen LogP contribution is -2.01. The summed E-state index contributed by atoms with van der Waals surface area (Å²) >= 11 is 0. The van der Waals surface area contributed by atoms with Crippen LogP contribution in [0.25, 0.3) is 0 Å². The molecule has 1 unspecified atom stereocenters. The second-order valence-corrected chi connectivity index (χ2v) is 5.29. The van der Waals surface area contributed by atoms with Gasteiger partial charge in [-0.1, -0.05) is 6.08 Å². The molecule has 5 heteroatoms. The number of allylic oxidation sites excluding steroid dienone is 1. The minimum atomic E-state index is -3.12. The van der Waals surface area contributed by atoms with Crippen molar-refractivity contribution in [2.75, 3.05) is 19.9 Å². The molecular weight excluding hydrogens is 239 g/mol. The number of hydrogen-bond acceptors (Lipinski definition) is 4. The van der Waals surface area contributed by atoms with E-state index in [1.807, 2.05) is 0 Å². The van der Waals surface area contributed by atoms with Crippen molar-refractivity contribution < 1.29 is 18.3 Å². The van der Waals surface area contributed by atoms with Crippen LogP contribution in [0.5, 0.6) is 11.5 Å². The van der Waals surface area contributed by atoms with Gasteiger partial charge in [-0.2, -0.15) is 0 Å². The predicted octanol–water partition coefficient (Wildman–Crippen LogP) is 3.49. The minimum absolute atomic E-state index is 0.187. The molecule has 1 aromatic carbocycles. The second kappa shape index (κ2) is 6.48. The first-order chi connectivity index (χ1) is 8.13. The van der Waals surface area contributed by atoms with Crippen molar-refractivity contribution >= 4 is 7.60 Å². The molecule has 17 heavy (non-hydrogen) atoms. The van der Waals surface area contributed by atoms with E-state index in [4.69, 9.17) is 13.8 Å². The predicted molar refractivity (Wildman–Crippen MR) is 67.9 cm³/mol. The summed E-state index contributed by atoms with van der Waals surface area (Å²) in [5, 5.41) is 0. The molecule has 0 aliphatic rings. The van der Waals surface area contributed by atoms with Crippen LogP contribution in [0.1, 0.15) is 6.92 Å². The van der Waals surface area contributed by atoms with Gasteiger partial charge in [0.25, 0.3) is 0 Å². The molecule has 1 aromatic rings. The van der Waals surface area contributed by atoms with Gasteiger partial charge in [0.15, 0.2) is 0 Å². The molecule has 0 aliphatic heterocycles.